The molecule has 3 heterocycles. The lowest BCUT2D eigenvalue weighted by Gasteiger charge is -2.33. The van der Waals surface area contributed by atoms with E-state index in [-0.39, 0.29) is 31.1 Å². The van der Waals surface area contributed by atoms with E-state index in [2.05, 4.69) is 12.2 Å². The molecular weight excluding hydrogens is 376 g/mol. The van der Waals surface area contributed by atoms with E-state index in [0.29, 0.717) is 38.8 Å². The monoisotopic (exact) mass is 410 g/mol. The highest BCUT2D eigenvalue weighted by Crippen LogP contribution is 2.58. The highest BCUT2D eigenvalue weighted by Gasteiger charge is 2.74. The Morgan fingerprint density at radius 2 is 2.07 bits per heavy atom. The number of carbonyl (C=O) groups is 3. The fourth-order valence-electron chi connectivity index (χ4n) is 5.28. The Kier molecular flexibility index (Phi) is 7.16. The fourth-order valence-corrected chi connectivity index (χ4v) is 5.28. The molecule has 3 fully saturated rings. The SMILES string of the molecule is CCCCCNC(=O)[C@H]1N(CCCCO)C(=O)[C@@H]2[C@@H](C(=O)OCC)[C@H]3CC[C@]21O3. The van der Waals surface area contributed by atoms with Crippen LogP contribution in [0.2, 0.25) is 0 Å². The number of nitrogens with zero attached hydrogens (tertiary/aromatic N) is 1. The summed E-state index contributed by atoms with van der Waals surface area (Å²) in [6.07, 6.45) is 5.00. The van der Waals surface area contributed by atoms with Crippen LogP contribution in [0.3, 0.4) is 0 Å². The van der Waals surface area contributed by atoms with Gasteiger partial charge >= 0.3 is 5.97 Å². The number of esters is 1. The molecule has 5 atom stereocenters. The van der Waals surface area contributed by atoms with Crippen molar-refractivity contribution >= 4 is 17.8 Å². The number of unbranched alkanes of at least 4 members (excludes halogenated alkanes) is 3. The van der Waals surface area contributed by atoms with Gasteiger partial charge in [0.25, 0.3) is 0 Å². The van der Waals surface area contributed by atoms with Crippen molar-refractivity contribution in [3.63, 3.8) is 0 Å². The van der Waals surface area contributed by atoms with E-state index in [0.717, 1.165) is 19.3 Å². The number of ether oxygens (including phenoxy) is 2. The molecule has 0 aromatic heterocycles. The Hall–Kier alpha value is -1.67. The first-order chi connectivity index (χ1) is 14.0. The van der Waals surface area contributed by atoms with Gasteiger partial charge in [0.2, 0.25) is 11.8 Å². The minimum absolute atomic E-state index is 0.0362. The molecule has 3 aliphatic heterocycles. The van der Waals surface area contributed by atoms with Gasteiger partial charge in [0.05, 0.1) is 24.5 Å². The van der Waals surface area contributed by atoms with Crippen LogP contribution in [-0.2, 0) is 23.9 Å². The number of fused-ring (bicyclic) bond motifs is 1. The molecule has 2 amide bonds. The van der Waals surface area contributed by atoms with Gasteiger partial charge in [-0.05, 0) is 39.0 Å². The van der Waals surface area contributed by atoms with Crippen LogP contribution in [0.5, 0.6) is 0 Å². The highest BCUT2D eigenvalue weighted by molar-refractivity contribution is 5.98. The zero-order chi connectivity index (χ0) is 21.0. The second kappa shape index (κ2) is 9.43. The van der Waals surface area contributed by atoms with E-state index in [4.69, 9.17) is 14.6 Å². The molecule has 3 rings (SSSR count). The summed E-state index contributed by atoms with van der Waals surface area (Å²) in [5.41, 5.74) is -0.951. The molecule has 1 spiro atoms. The summed E-state index contributed by atoms with van der Waals surface area (Å²) in [6.45, 7) is 5.06. The number of likely N-dealkylation sites (tertiary alicyclic amines) is 1. The molecule has 3 aliphatic rings. The van der Waals surface area contributed by atoms with Gasteiger partial charge in [0.15, 0.2) is 0 Å². The number of aliphatic hydroxyl groups excluding tert-OH is 1. The van der Waals surface area contributed by atoms with Crippen LogP contribution in [0.25, 0.3) is 0 Å². The Morgan fingerprint density at radius 3 is 2.76 bits per heavy atom. The van der Waals surface area contributed by atoms with Crippen LogP contribution in [0.4, 0.5) is 0 Å². The van der Waals surface area contributed by atoms with E-state index in [1.807, 2.05) is 0 Å². The third-order valence-electron chi connectivity index (χ3n) is 6.49. The van der Waals surface area contributed by atoms with E-state index in [1.54, 1.807) is 11.8 Å². The molecule has 8 heteroatoms. The summed E-state index contributed by atoms with van der Waals surface area (Å²) in [5, 5.41) is 12.1. The molecule has 8 nitrogen and oxygen atoms in total. The maximum Gasteiger partial charge on any atom is 0.312 e. The number of hydrogen-bond acceptors (Lipinski definition) is 6. The lowest BCUT2D eigenvalue weighted by atomic mass is 9.71. The van der Waals surface area contributed by atoms with Crippen LogP contribution in [-0.4, -0.2) is 71.8 Å². The van der Waals surface area contributed by atoms with Crippen LogP contribution in [0.15, 0.2) is 0 Å². The third-order valence-corrected chi connectivity index (χ3v) is 6.49. The Bertz CT molecular complexity index is 626. The summed E-state index contributed by atoms with van der Waals surface area (Å²) >= 11 is 0. The minimum Gasteiger partial charge on any atom is -0.466 e. The zero-order valence-corrected chi connectivity index (χ0v) is 17.5. The minimum atomic E-state index is -0.951. The van der Waals surface area contributed by atoms with Crippen LogP contribution >= 0.6 is 0 Å². The number of amides is 2. The summed E-state index contributed by atoms with van der Waals surface area (Å²) in [4.78, 5) is 40.7. The van der Waals surface area contributed by atoms with E-state index in [1.165, 1.54) is 0 Å². The first kappa shape index (κ1) is 22.0. The normalized spacial score (nSPS) is 32.5. The summed E-state index contributed by atoms with van der Waals surface area (Å²) in [7, 11) is 0. The average molecular weight is 411 g/mol. The largest absolute Gasteiger partial charge is 0.466 e. The van der Waals surface area contributed by atoms with Crippen molar-refractivity contribution in [3.05, 3.63) is 0 Å². The van der Waals surface area contributed by atoms with Crippen molar-refractivity contribution in [2.45, 2.75) is 76.5 Å². The van der Waals surface area contributed by atoms with Gasteiger partial charge in [-0.2, -0.15) is 0 Å². The van der Waals surface area contributed by atoms with Crippen molar-refractivity contribution in [1.82, 2.24) is 10.2 Å². The Balaban J connectivity index is 1.84. The summed E-state index contributed by atoms with van der Waals surface area (Å²) < 4.78 is 11.5. The van der Waals surface area contributed by atoms with Gasteiger partial charge in [0.1, 0.15) is 11.6 Å². The Morgan fingerprint density at radius 1 is 1.28 bits per heavy atom. The maximum absolute atomic E-state index is 13.4. The fraction of sp³-hybridized carbons (Fsp3) is 0.857. The van der Waals surface area contributed by atoms with Crippen molar-refractivity contribution < 1.29 is 29.0 Å². The second-order valence-electron chi connectivity index (χ2n) is 8.27. The number of nitrogens with one attached hydrogen (secondary N) is 1. The van der Waals surface area contributed by atoms with Crippen molar-refractivity contribution in [3.8, 4) is 0 Å². The molecule has 0 aliphatic carbocycles. The summed E-state index contributed by atoms with van der Waals surface area (Å²) in [6, 6.07) is -0.732. The average Bonchev–Trinajstić information content (AvgIpc) is 3.33. The molecule has 0 aromatic carbocycles. The van der Waals surface area contributed by atoms with Crippen LogP contribution in [0.1, 0.15) is 58.8 Å². The maximum atomic E-state index is 13.4. The zero-order valence-electron chi connectivity index (χ0n) is 17.5. The van der Waals surface area contributed by atoms with Gasteiger partial charge in [-0.1, -0.05) is 19.8 Å². The molecule has 0 saturated carbocycles. The van der Waals surface area contributed by atoms with Crippen molar-refractivity contribution in [1.29, 1.82) is 0 Å². The quantitative estimate of drug-likeness (QED) is 0.389. The topological polar surface area (TPSA) is 105 Å². The predicted molar refractivity (Wildman–Crippen MR) is 105 cm³/mol. The van der Waals surface area contributed by atoms with Gasteiger partial charge in [-0.3, -0.25) is 14.4 Å². The third kappa shape index (κ3) is 3.89. The van der Waals surface area contributed by atoms with Crippen LogP contribution in [0, 0.1) is 11.8 Å². The molecule has 29 heavy (non-hydrogen) atoms. The molecule has 164 valence electrons. The first-order valence-corrected chi connectivity index (χ1v) is 11.0. The smallest absolute Gasteiger partial charge is 0.312 e. The molecule has 0 radical (unpaired) electrons. The van der Waals surface area contributed by atoms with E-state index in [9.17, 15) is 14.4 Å². The molecule has 3 saturated heterocycles. The number of rotatable bonds is 11. The van der Waals surface area contributed by atoms with Gasteiger partial charge < -0.3 is 24.8 Å². The Labute approximate surface area is 172 Å². The standard InChI is InChI=1S/C21H34N2O6/c1-3-5-6-11-22-18(25)17-21-10-9-14(29-21)15(20(27)28-4-2)16(21)19(26)23(17)12-7-8-13-24/h14-17,24H,3-13H2,1-2H3,(H,22,25)/t14-,15+,16+,17-,21+/m1/s1. The lowest BCUT2D eigenvalue weighted by molar-refractivity contribution is -0.154. The van der Waals surface area contributed by atoms with E-state index < -0.39 is 29.4 Å². The van der Waals surface area contributed by atoms with Crippen LogP contribution < -0.4 is 5.32 Å². The molecule has 0 unspecified atom stereocenters. The van der Waals surface area contributed by atoms with Crippen molar-refractivity contribution in [2.24, 2.45) is 11.8 Å². The second-order valence-corrected chi connectivity index (χ2v) is 8.27. The lowest BCUT2D eigenvalue weighted by Crippen LogP contribution is -2.55. The first-order valence-electron chi connectivity index (χ1n) is 11.0. The van der Waals surface area contributed by atoms with Gasteiger partial charge in [-0.15, -0.1) is 0 Å². The molecule has 2 N–H and O–H groups in total. The highest BCUT2D eigenvalue weighted by atomic mass is 16.6. The van der Waals surface area contributed by atoms with E-state index >= 15 is 0 Å². The number of aliphatic hydroxyl groups is 1. The number of carbonyl (C=O) groups excluding carboxylic acids is 3. The molecular formula is C21H34N2O6. The van der Waals surface area contributed by atoms with Gasteiger partial charge in [0, 0.05) is 19.7 Å². The van der Waals surface area contributed by atoms with Crippen molar-refractivity contribution in [2.75, 3.05) is 26.3 Å². The predicted octanol–water partition coefficient (Wildman–Crippen LogP) is 1.00. The van der Waals surface area contributed by atoms with Gasteiger partial charge in [-0.25, -0.2) is 0 Å². The molecule has 0 aromatic rings. The summed E-state index contributed by atoms with van der Waals surface area (Å²) in [5.74, 6) is -2.12. The number of hydrogen-bond donors (Lipinski definition) is 2. The molecule has 2 bridgehead atoms.